The summed E-state index contributed by atoms with van der Waals surface area (Å²) < 4.78 is 11.0. The van der Waals surface area contributed by atoms with Gasteiger partial charge in [-0.1, -0.05) is 24.3 Å². The molecule has 2 aliphatic rings. The third-order valence-corrected chi connectivity index (χ3v) is 5.25. The van der Waals surface area contributed by atoms with Gasteiger partial charge in [0.2, 0.25) is 11.2 Å². The van der Waals surface area contributed by atoms with Crippen LogP contribution in [0.2, 0.25) is 0 Å². The van der Waals surface area contributed by atoms with Crippen LogP contribution in [-0.2, 0) is 24.3 Å². The number of nitrogens with zero attached hydrogens (tertiary/aromatic N) is 2. The first-order chi connectivity index (χ1) is 13.2. The van der Waals surface area contributed by atoms with Gasteiger partial charge in [0.25, 0.3) is 5.91 Å². The second kappa shape index (κ2) is 7.96. The van der Waals surface area contributed by atoms with Crippen molar-refractivity contribution in [2.24, 2.45) is 0 Å². The molecule has 1 fully saturated rings. The molecule has 0 atom stereocenters. The van der Waals surface area contributed by atoms with Crippen LogP contribution in [0.4, 0.5) is 0 Å². The predicted octanol–water partition coefficient (Wildman–Crippen LogP) is 2.20. The summed E-state index contributed by atoms with van der Waals surface area (Å²) in [6.45, 7) is 3.79. The molecule has 1 saturated heterocycles. The highest BCUT2D eigenvalue weighted by molar-refractivity contribution is 5.77. The lowest BCUT2D eigenvalue weighted by atomic mass is 10.00. The molecular weight excluding hydrogens is 344 g/mol. The van der Waals surface area contributed by atoms with Gasteiger partial charge in [0.1, 0.15) is 12.0 Å². The van der Waals surface area contributed by atoms with Gasteiger partial charge < -0.3 is 14.1 Å². The van der Waals surface area contributed by atoms with Crippen molar-refractivity contribution in [2.75, 3.05) is 26.2 Å². The highest BCUT2D eigenvalue weighted by Crippen LogP contribution is 2.20. The maximum absolute atomic E-state index is 12.3. The Kier molecular flexibility index (Phi) is 5.25. The molecule has 0 bridgehead atoms. The van der Waals surface area contributed by atoms with E-state index in [0.29, 0.717) is 12.3 Å². The van der Waals surface area contributed by atoms with Crippen molar-refractivity contribution in [3.63, 3.8) is 0 Å². The second-order valence-electron chi connectivity index (χ2n) is 7.18. The van der Waals surface area contributed by atoms with Crippen LogP contribution in [0.5, 0.6) is 5.75 Å². The summed E-state index contributed by atoms with van der Waals surface area (Å²) in [5.74, 6) is 0.621. The predicted molar refractivity (Wildman–Crippen MR) is 101 cm³/mol. The topological polar surface area (TPSA) is 63.0 Å². The summed E-state index contributed by atoms with van der Waals surface area (Å²) >= 11 is 0. The van der Waals surface area contributed by atoms with Crippen LogP contribution in [-0.4, -0.2) is 41.9 Å². The van der Waals surface area contributed by atoms with E-state index in [1.165, 1.54) is 23.5 Å². The highest BCUT2D eigenvalue weighted by atomic mass is 16.5. The molecule has 0 unspecified atom stereocenters. The van der Waals surface area contributed by atoms with Gasteiger partial charge >= 0.3 is 0 Å². The Morgan fingerprint density at radius 3 is 2.67 bits per heavy atom. The Morgan fingerprint density at radius 1 is 1.11 bits per heavy atom. The molecule has 0 radical (unpaired) electrons. The minimum absolute atomic E-state index is 0.0806. The fourth-order valence-corrected chi connectivity index (χ4v) is 3.73. The zero-order valence-electron chi connectivity index (χ0n) is 15.4. The van der Waals surface area contributed by atoms with Crippen LogP contribution in [0.15, 0.2) is 45.8 Å². The smallest absolute Gasteiger partial charge is 0.260 e. The minimum Gasteiger partial charge on any atom is -0.477 e. The van der Waals surface area contributed by atoms with E-state index in [2.05, 4.69) is 29.2 Å². The van der Waals surface area contributed by atoms with E-state index in [1.807, 2.05) is 0 Å². The number of carbonyl (C=O) groups excluding carboxylic acids is 1. The number of benzene rings is 1. The lowest BCUT2D eigenvalue weighted by molar-refractivity contribution is -0.132. The Labute approximate surface area is 158 Å². The Bertz CT molecular complexity index is 870. The van der Waals surface area contributed by atoms with Crippen molar-refractivity contribution in [3.8, 4) is 5.75 Å². The van der Waals surface area contributed by atoms with Crippen molar-refractivity contribution in [1.82, 2.24) is 9.80 Å². The van der Waals surface area contributed by atoms with E-state index < -0.39 is 0 Å². The van der Waals surface area contributed by atoms with Gasteiger partial charge in [0.15, 0.2) is 6.61 Å². The molecule has 1 amide bonds. The summed E-state index contributed by atoms with van der Waals surface area (Å²) in [6.07, 6.45) is 4.39. The lowest BCUT2D eigenvalue weighted by Crippen LogP contribution is -2.32. The molecule has 0 aliphatic carbocycles. The van der Waals surface area contributed by atoms with Crippen LogP contribution in [0, 0.1) is 0 Å². The van der Waals surface area contributed by atoms with Crippen molar-refractivity contribution < 1.29 is 13.9 Å². The molecule has 2 aliphatic heterocycles. The van der Waals surface area contributed by atoms with Crippen molar-refractivity contribution in [2.45, 2.75) is 32.4 Å². The largest absolute Gasteiger partial charge is 0.477 e. The first-order valence-corrected chi connectivity index (χ1v) is 9.50. The number of likely N-dealkylation sites (tertiary alicyclic amines) is 1. The molecular formula is C21H24N2O4. The number of hydrogen-bond acceptors (Lipinski definition) is 5. The third-order valence-electron chi connectivity index (χ3n) is 5.25. The van der Waals surface area contributed by atoms with Crippen molar-refractivity contribution >= 4 is 5.91 Å². The molecule has 1 aromatic heterocycles. The molecule has 6 heteroatoms. The number of carbonyl (C=O) groups is 1. The summed E-state index contributed by atoms with van der Waals surface area (Å²) in [4.78, 5) is 28.3. The summed E-state index contributed by atoms with van der Waals surface area (Å²) in [6, 6.07) is 9.91. The molecule has 0 saturated carbocycles. The molecule has 1 aromatic carbocycles. The van der Waals surface area contributed by atoms with E-state index in [0.717, 1.165) is 45.4 Å². The van der Waals surface area contributed by atoms with Crippen LogP contribution < -0.4 is 10.2 Å². The molecule has 4 rings (SSSR count). The maximum Gasteiger partial charge on any atom is 0.260 e. The van der Waals surface area contributed by atoms with E-state index >= 15 is 0 Å². The average molecular weight is 368 g/mol. The number of fused-ring (bicyclic) bond motifs is 1. The van der Waals surface area contributed by atoms with Crippen LogP contribution >= 0.6 is 0 Å². The van der Waals surface area contributed by atoms with Crippen molar-refractivity contribution in [1.29, 1.82) is 0 Å². The Hall–Kier alpha value is -2.60. The third kappa shape index (κ3) is 4.22. The average Bonchev–Trinajstić information content (AvgIpc) is 3.22. The van der Waals surface area contributed by atoms with E-state index in [9.17, 15) is 9.59 Å². The number of rotatable bonds is 5. The van der Waals surface area contributed by atoms with Crippen LogP contribution in [0.3, 0.4) is 0 Å². The second-order valence-corrected chi connectivity index (χ2v) is 7.18. The van der Waals surface area contributed by atoms with E-state index in [-0.39, 0.29) is 23.7 Å². The fourth-order valence-electron chi connectivity index (χ4n) is 3.73. The number of amides is 1. The SMILES string of the molecule is O=C(COc1coc(CN2CCc3ccccc3C2)cc1=O)N1CCCC1. The zero-order valence-corrected chi connectivity index (χ0v) is 15.4. The highest BCUT2D eigenvalue weighted by Gasteiger charge is 2.20. The standard InChI is InChI=1S/C21H24N2O4/c24-19-11-18(13-22-10-7-16-5-1-2-6-17(16)12-22)26-14-20(19)27-15-21(25)23-8-3-4-9-23/h1-2,5-6,11,14H,3-4,7-10,12-13,15H2. The van der Waals surface area contributed by atoms with Gasteiger partial charge in [-0.3, -0.25) is 14.5 Å². The molecule has 2 aromatic rings. The summed E-state index contributed by atoms with van der Waals surface area (Å²) in [5.41, 5.74) is 2.47. The Balaban J connectivity index is 1.34. The van der Waals surface area contributed by atoms with Gasteiger partial charge in [0.05, 0.1) is 6.54 Å². The molecule has 0 N–H and O–H groups in total. The summed E-state index contributed by atoms with van der Waals surface area (Å²) in [5, 5.41) is 0. The minimum atomic E-state index is -0.247. The van der Waals surface area contributed by atoms with Crippen LogP contribution in [0.1, 0.15) is 29.7 Å². The quantitative estimate of drug-likeness (QED) is 0.810. The van der Waals surface area contributed by atoms with Crippen LogP contribution in [0.25, 0.3) is 0 Å². The normalized spacial score (nSPS) is 17.0. The molecule has 27 heavy (non-hydrogen) atoms. The van der Waals surface area contributed by atoms with E-state index in [4.69, 9.17) is 9.15 Å². The first-order valence-electron chi connectivity index (χ1n) is 9.50. The number of ether oxygens (including phenoxy) is 1. The molecule has 6 nitrogen and oxygen atoms in total. The van der Waals surface area contributed by atoms with E-state index in [1.54, 1.807) is 4.90 Å². The fraction of sp³-hybridized carbons (Fsp3) is 0.429. The monoisotopic (exact) mass is 368 g/mol. The van der Waals surface area contributed by atoms with Gasteiger partial charge in [-0.2, -0.15) is 0 Å². The summed E-state index contributed by atoms with van der Waals surface area (Å²) in [7, 11) is 0. The Morgan fingerprint density at radius 2 is 1.89 bits per heavy atom. The molecule has 0 spiro atoms. The zero-order chi connectivity index (χ0) is 18.6. The van der Waals surface area contributed by atoms with Gasteiger partial charge in [-0.25, -0.2) is 0 Å². The maximum atomic E-state index is 12.3. The first kappa shape index (κ1) is 17.8. The van der Waals surface area contributed by atoms with Gasteiger partial charge in [-0.15, -0.1) is 0 Å². The molecule has 3 heterocycles. The van der Waals surface area contributed by atoms with Gasteiger partial charge in [-0.05, 0) is 30.4 Å². The lowest BCUT2D eigenvalue weighted by Gasteiger charge is -2.28. The van der Waals surface area contributed by atoms with Gasteiger partial charge in [0, 0.05) is 32.2 Å². The van der Waals surface area contributed by atoms with Crippen molar-refractivity contribution in [3.05, 3.63) is 63.7 Å². The number of hydrogen-bond donors (Lipinski definition) is 0. The molecule has 142 valence electrons.